The fourth-order valence-electron chi connectivity index (χ4n) is 8.95. The van der Waals surface area contributed by atoms with Gasteiger partial charge in [0.05, 0.1) is 38.5 Å². The Bertz CT molecular complexity index is 2480. The van der Waals surface area contributed by atoms with Crippen LogP contribution in [0, 0.1) is 11.3 Å². The third kappa shape index (κ3) is 6.19. The molecular weight excluding hydrogens is 758 g/mol. The number of carbonyl (C=O) groups excluding carboxylic acids is 5. The Labute approximate surface area is 340 Å². The molecule has 4 aromatic carbocycles. The first kappa shape index (κ1) is 37.5. The number of fused-ring (bicyclic) bond motifs is 2. The van der Waals surface area contributed by atoms with Crippen LogP contribution in [-0.2, 0) is 19.8 Å². The number of rotatable bonds is 7. The van der Waals surface area contributed by atoms with Crippen LogP contribution in [0.15, 0.2) is 78.9 Å². The van der Waals surface area contributed by atoms with Crippen LogP contribution >= 0.6 is 11.6 Å². The fourth-order valence-corrected chi connectivity index (χ4v) is 9.17. The molecule has 1 atom stereocenters. The zero-order valence-electron chi connectivity index (χ0n) is 32.0. The van der Waals surface area contributed by atoms with Crippen molar-refractivity contribution in [3.63, 3.8) is 0 Å². The van der Waals surface area contributed by atoms with Gasteiger partial charge in [-0.15, -0.1) is 0 Å². The second-order valence-electron chi connectivity index (χ2n) is 16.3. The Morgan fingerprint density at radius 3 is 2.16 bits per heavy atom. The molecule has 0 aromatic heterocycles. The smallest absolute Gasteiger partial charge is 0.262 e. The summed E-state index contributed by atoms with van der Waals surface area (Å²) in [7, 11) is 0. The molecule has 0 saturated carbocycles. The van der Waals surface area contributed by atoms with Gasteiger partial charge in [0, 0.05) is 63.6 Å². The summed E-state index contributed by atoms with van der Waals surface area (Å²) in [6.07, 6.45) is 0.183. The minimum Gasteiger partial charge on any atom is -0.385 e. The van der Waals surface area contributed by atoms with E-state index in [4.69, 9.17) is 11.6 Å². The Balaban J connectivity index is 0.802. The second kappa shape index (κ2) is 13.8. The summed E-state index contributed by atoms with van der Waals surface area (Å²) < 4.78 is 0. The van der Waals surface area contributed by atoms with E-state index in [2.05, 4.69) is 56.4 Å². The lowest BCUT2D eigenvalue weighted by atomic mass is 9.84. The molecule has 0 aliphatic carbocycles. The number of carbonyl (C=O) groups is 5. The zero-order valence-corrected chi connectivity index (χ0v) is 32.8. The number of aliphatic hydroxyl groups is 1. The maximum Gasteiger partial charge on any atom is 0.262 e. The summed E-state index contributed by atoms with van der Waals surface area (Å²) in [5.74, 6) is -2.15. The molecule has 0 radical (unpaired) electrons. The Morgan fingerprint density at radius 1 is 0.793 bits per heavy atom. The quantitative estimate of drug-likeness (QED) is 0.253. The molecule has 5 aliphatic heterocycles. The molecule has 58 heavy (non-hydrogen) atoms. The Kier molecular flexibility index (Phi) is 8.92. The van der Waals surface area contributed by atoms with Crippen LogP contribution < -0.4 is 20.0 Å². The number of hydrogen-bond acceptors (Lipinski definition) is 10. The van der Waals surface area contributed by atoms with E-state index < -0.39 is 40.7 Å². The molecule has 3 fully saturated rings. The van der Waals surface area contributed by atoms with E-state index in [1.54, 1.807) is 35.2 Å². The van der Waals surface area contributed by atoms with Crippen LogP contribution in [0.3, 0.4) is 0 Å². The average molecular weight is 798 g/mol. The minimum atomic E-state index is -1.00. The van der Waals surface area contributed by atoms with Gasteiger partial charge in [-0.1, -0.05) is 29.8 Å². The number of nitrogens with one attached hydrogen (secondary N) is 1. The number of piperidine rings is 1. The van der Waals surface area contributed by atoms with E-state index >= 15 is 0 Å². The number of nitrogens with zero attached hydrogens (tertiary/aromatic N) is 6. The molecule has 4 aromatic rings. The lowest BCUT2D eigenvalue weighted by Gasteiger charge is -2.50. The van der Waals surface area contributed by atoms with E-state index in [-0.39, 0.29) is 29.9 Å². The van der Waals surface area contributed by atoms with Crippen molar-refractivity contribution in [2.75, 3.05) is 60.5 Å². The molecule has 9 rings (SSSR count). The number of β-amino-alcohol motifs (C(OH)–C–C–N with tert-alkyl or cyclic N) is 1. The predicted molar refractivity (Wildman–Crippen MR) is 217 cm³/mol. The maximum absolute atomic E-state index is 13.7. The van der Waals surface area contributed by atoms with Gasteiger partial charge in [0.15, 0.2) is 0 Å². The average Bonchev–Trinajstić information content (AvgIpc) is 3.56. The van der Waals surface area contributed by atoms with Crippen molar-refractivity contribution in [1.82, 2.24) is 15.1 Å². The van der Waals surface area contributed by atoms with E-state index in [0.717, 1.165) is 38.7 Å². The third-order valence-corrected chi connectivity index (χ3v) is 12.5. The van der Waals surface area contributed by atoms with Crippen molar-refractivity contribution < 1.29 is 29.1 Å². The highest BCUT2D eigenvalue weighted by Crippen LogP contribution is 2.47. The highest BCUT2D eigenvalue weighted by molar-refractivity contribution is 6.32. The van der Waals surface area contributed by atoms with Crippen molar-refractivity contribution >= 4 is 63.9 Å². The number of piperazine rings is 1. The van der Waals surface area contributed by atoms with Crippen molar-refractivity contribution in [3.05, 3.63) is 106 Å². The third-order valence-electron chi connectivity index (χ3n) is 12.2. The van der Waals surface area contributed by atoms with Gasteiger partial charge >= 0.3 is 0 Å². The molecule has 0 spiro atoms. The lowest BCUT2D eigenvalue weighted by Crippen LogP contribution is -2.67. The summed E-state index contributed by atoms with van der Waals surface area (Å²) in [5, 5.41) is 23.3. The van der Waals surface area contributed by atoms with Gasteiger partial charge in [0.1, 0.15) is 17.7 Å². The number of anilines is 4. The van der Waals surface area contributed by atoms with E-state index in [1.165, 1.54) is 0 Å². The van der Waals surface area contributed by atoms with Crippen LogP contribution in [-0.4, -0.2) is 102 Å². The summed E-state index contributed by atoms with van der Waals surface area (Å²) in [5.41, 5.74) is 5.38. The van der Waals surface area contributed by atoms with Crippen molar-refractivity contribution in [2.45, 2.75) is 43.7 Å². The van der Waals surface area contributed by atoms with Crippen molar-refractivity contribution in [2.24, 2.45) is 0 Å². The first-order valence-corrected chi connectivity index (χ1v) is 19.7. The van der Waals surface area contributed by atoms with Gasteiger partial charge < -0.3 is 14.9 Å². The molecule has 0 bridgehead atoms. The molecule has 1 unspecified atom stereocenters. The number of nitriles is 1. The number of hydrogen-bond donors (Lipinski definition) is 2. The molecule has 3 saturated heterocycles. The first-order chi connectivity index (χ1) is 27.7. The molecule has 5 amide bonds. The maximum atomic E-state index is 13.7. The molecule has 14 heteroatoms. The van der Waals surface area contributed by atoms with E-state index in [9.17, 15) is 34.3 Å². The highest BCUT2D eigenvalue weighted by Gasteiger charge is 2.47. The van der Waals surface area contributed by atoms with Gasteiger partial charge in [-0.05, 0) is 97.6 Å². The number of imide groups is 2. The van der Waals surface area contributed by atoms with Gasteiger partial charge in [-0.2, -0.15) is 5.26 Å². The largest absolute Gasteiger partial charge is 0.385 e. The minimum absolute atomic E-state index is 0.0694. The van der Waals surface area contributed by atoms with Crippen molar-refractivity contribution in [1.29, 1.82) is 5.26 Å². The van der Waals surface area contributed by atoms with Gasteiger partial charge in [-0.3, -0.25) is 44.0 Å². The van der Waals surface area contributed by atoms with E-state index in [1.807, 2.05) is 32.0 Å². The highest BCUT2D eigenvalue weighted by atomic mass is 35.5. The van der Waals surface area contributed by atoms with Crippen molar-refractivity contribution in [3.8, 4) is 17.2 Å². The van der Waals surface area contributed by atoms with Crippen LogP contribution in [0.5, 0.6) is 0 Å². The Hall–Kier alpha value is -6.07. The number of amides is 5. The number of halogens is 1. The fraction of sp³-hybridized carbons (Fsp3) is 0.318. The van der Waals surface area contributed by atoms with Gasteiger partial charge in [0.25, 0.3) is 11.8 Å². The first-order valence-electron chi connectivity index (χ1n) is 19.3. The molecule has 2 N–H and O–H groups in total. The molecule has 5 aliphatic rings. The Morgan fingerprint density at radius 2 is 1.47 bits per heavy atom. The standard InChI is InChI=1S/C44H40ClN7O6/c1-43(2)34-19-27(6-12-36(34)51(42(43)57)31-9-5-28(22-46)35(45)21-31)26-3-7-29(8-4-26)50-24-44(58,25-50)23-48-15-17-49(18-16-48)30-10-11-32-33(20-30)41(56)52(40(32)55)37-13-14-38(53)47-39(37)54/h3-12,19-21,37,58H,13-18,23-25H2,1-2H3,(H,47,53,54). The summed E-state index contributed by atoms with van der Waals surface area (Å²) in [4.78, 5) is 73.4. The van der Waals surface area contributed by atoms with Gasteiger partial charge in [-0.25, -0.2) is 0 Å². The van der Waals surface area contributed by atoms with Gasteiger partial charge in [0.2, 0.25) is 17.7 Å². The zero-order chi connectivity index (χ0) is 40.7. The summed E-state index contributed by atoms with van der Waals surface area (Å²) in [6, 6.07) is 25.5. The molecule has 5 heterocycles. The number of benzene rings is 4. The summed E-state index contributed by atoms with van der Waals surface area (Å²) in [6.45, 7) is 8.15. The second-order valence-corrected chi connectivity index (χ2v) is 16.7. The SMILES string of the molecule is CC1(C)C(=O)N(c2ccc(C#N)c(Cl)c2)c2ccc(-c3ccc(N4CC(O)(CN5CCN(c6ccc7c(c6)C(=O)N(C6CCC(=O)NC6=O)C7=O)CC5)C4)cc3)cc21. The normalized spacial score (nSPS) is 21.2. The van der Waals surface area contributed by atoms with Crippen LogP contribution in [0.1, 0.15) is 58.5 Å². The molecular formula is C44H40ClN7O6. The van der Waals surface area contributed by atoms with E-state index in [0.29, 0.717) is 62.1 Å². The summed E-state index contributed by atoms with van der Waals surface area (Å²) >= 11 is 6.33. The predicted octanol–water partition coefficient (Wildman–Crippen LogP) is 4.61. The topological polar surface area (TPSA) is 158 Å². The molecule has 294 valence electrons. The van der Waals surface area contributed by atoms with Crippen LogP contribution in [0.4, 0.5) is 22.7 Å². The lowest BCUT2D eigenvalue weighted by molar-refractivity contribution is -0.136. The van der Waals surface area contributed by atoms with Crippen LogP contribution in [0.2, 0.25) is 5.02 Å². The molecule has 13 nitrogen and oxygen atoms in total. The monoisotopic (exact) mass is 797 g/mol. The van der Waals surface area contributed by atoms with Crippen LogP contribution in [0.25, 0.3) is 11.1 Å².